The second-order valence-electron chi connectivity index (χ2n) is 3.51. The van der Waals surface area contributed by atoms with Gasteiger partial charge in [-0.1, -0.05) is 18.2 Å². The lowest BCUT2D eigenvalue weighted by Crippen LogP contribution is -2.18. The van der Waals surface area contributed by atoms with E-state index in [-0.39, 0.29) is 0 Å². The summed E-state index contributed by atoms with van der Waals surface area (Å²) in [7, 11) is 0. The quantitative estimate of drug-likeness (QED) is 0.698. The first-order valence-corrected chi connectivity index (χ1v) is 5.72. The highest BCUT2D eigenvalue weighted by Gasteiger charge is 2.36. The number of hydrogen-bond acceptors (Lipinski definition) is 2. The van der Waals surface area contributed by atoms with Gasteiger partial charge in [-0.05, 0) is 23.8 Å². The molecule has 1 nitrogen and oxygen atoms in total. The number of carbonyl (C=O) groups excluding carboxylic acids is 1. The van der Waals surface area contributed by atoms with E-state index in [0.29, 0.717) is 23.3 Å². The molecule has 0 bridgehead atoms. The number of benzene rings is 1. The molecule has 0 amide bonds. The van der Waals surface area contributed by atoms with Crippen molar-refractivity contribution < 1.29 is 9.18 Å². The fourth-order valence-corrected chi connectivity index (χ4v) is 2.91. The molecule has 1 aromatic rings. The van der Waals surface area contributed by atoms with Gasteiger partial charge in [0.25, 0.3) is 0 Å². The Morgan fingerprint density at radius 3 is 3.00 bits per heavy atom. The molecule has 2 rings (SSSR count). The van der Waals surface area contributed by atoms with E-state index in [4.69, 9.17) is 0 Å². The monoisotopic (exact) mass is 210 g/mol. The Bertz CT molecular complexity index is 345. The van der Waals surface area contributed by atoms with Crippen molar-refractivity contribution in [2.24, 2.45) is 0 Å². The highest BCUT2D eigenvalue weighted by Crippen LogP contribution is 2.40. The maximum Gasteiger partial charge on any atom is 0.150 e. The van der Waals surface area contributed by atoms with Gasteiger partial charge < -0.3 is 0 Å². The predicted molar refractivity (Wildman–Crippen MR) is 56.6 cm³/mol. The van der Waals surface area contributed by atoms with E-state index in [1.807, 2.05) is 0 Å². The smallest absolute Gasteiger partial charge is 0.150 e. The van der Waals surface area contributed by atoms with Crippen LogP contribution in [-0.4, -0.2) is 17.8 Å². The Kier molecular flexibility index (Phi) is 2.59. The van der Waals surface area contributed by atoms with Gasteiger partial charge in [0, 0.05) is 11.3 Å². The SMILES string of the molecule is O=Cc1cccc(C2(F)CCSC2)c1. The van der Waals surface area contributed by atoms with Crippen LogP contribution in [0.25, 0.3) is 0 Å². The number of halogens is 1. The van der Waals surface area contributed by atoms with E-state index in [1.54, 1.807) is 36.0 Å². The Morgan fingerprint density at radius 2 is 2.36 bits per heavy atom. The van der Waals surface area contributed by atoms with Crippen LogP contribution in [0.3, 0.4) is 0 Å². The molecule has 1 fully saturated rings. The van der Waals surface area contributed by atoms with Gasteiger partial charge in [0.2, 0.25) is 0 Å². The summed E-state index contributed by atoms with van der Waals surface area (Å²) in [5.74, 6) is 1.37. The normalized spacial score (nSPS) is 26.4. The summed E-state index contributed by atoms with van der Waals surface area (Å²) >= 11 is 1.63. The minimum Gasteiger partial charge on any atom is -0.298 e. The molecular formula is C11H11FOS. The van der Waals surface area contributed by atoms with Gasteiger partial charge in [-0.15, -0.1) is 0 Å². The molecule has 1 atom stereocenters. The molecule has 1 unspecified atom stereocenters. The third-order valence-corrected chi connectivity index (χ3v) is 3.67. The molecule has 0 N–H and O–H groups in total. The van der Waals surface area contributed by atoms with E-state index in [0.717, 1.165) is 12.0 Å². The standard InChI is InChI=1S/C11H11FOS/c12-11(4-5-14-8-11)10-3-1-2-9(6-10)7-13/h1-3,6-7H,4-5,8H2. The van der Waals surface area contributed by atoms with Gasteiger partial charge in [-0.25, -0.2) is 4.39 Å². The molecule has 1 saturated heterocycles. The van der Waals surface area contributed by atoms with E-state index < -0.39 is 5.67 Å². The van der Waals surface area contributed by atoms with E-state index in [1.165, 1.54) is 0 Å². The van der Waals surface area contributed by atoms with Crippen LogP contribution in [0.5, 0.6) is 0 Å². The third kappa shape index (κ3) is 1.69. The summed E-state index contributed by atoms with van der Waals surface area (Å²) in [5, 5.41) is 0. The summed E-state index contributed by atoms with van der Waals surface area (Å²) in [6.45, 7) is 0. The van der Waals surface area contributed by atoms with Crippen LogP contribution in [0.15, 0.2) is 24.3 Å². The van der Waals surface area contributed by atoms with Crippen molar-refractivity contribution >= 4 is 18.0 Å². The average molecular weight is 210 g/mol. The van der Waals surface area contributed by atoms with Crippen LogP contribution in [-0.2, 0) is 5.67 Å². The molecule has 1 heterocycles. The summed E-state index contributed by atoms with van der Waals surface area (Å²) in [4.78, 5) is 10.6. The molecule has 1 aromatic carbocycles. The summed E-state index contributed by atoms with van der Waals surface area (Å²) in [5.41, 5.74) is -0.0209. The fourth-order valence-electron chi connectivity index (χ4n) is 1.66. The first-order chi connectivity index (χ1) is 6.74. The van der Waals surface area contributed by atoms with Gasteiger partial charge in [0.05, 0.1) is 0 Å². The number of alkyl halides is 1. The first kappa shape index (κ1) is 9.71. The zero-order valence-corrected chi connectivity index (χ0v) is 8.52. The minimum absolute atomic E-state index is 0.509. The van der Waals surface area contributed by atoms with Crippen molar-refractivity contribution in [1.29, 1.82) is 0 Å². The lowest BCUT2D eigenvalue weighted by molar-refractivity contribution is 0.112. The molecule has 0 aliphatic carbocycles. The van der Waals surface area contributed by atoms with Crippen LogP contribution < -0.4 is 0 Å². The highest BCUT2D eigenvalue weighted by molar-refractivity contribution is 7.99. The van der Waals surface area contributed by atoms with E-state index in [2.05, 4.69) is 0 Å². The first-order valence-electron chi connectivity index (χ1n) is 4.57. The molecule has 0 aromatic heterocycles. The van der Waals surface area contributed by atoms with Crippen LogP contribution in [0.1, 0.15) is 22.3 Å². The number of aldehydes is 1. The van der Waals surface area contributed by atoms with Crippen molar-refractivity contribution in [1.82, 2.24) is 0 Å². The average Bonchev–Trinajstić information content (AvgIpc) is 2.67. The van der Waals surface area contributed by atoms with Crippen molar-refractivity contribution in [2.45, 2.75) is 12.1 Å². The molecule has 0 radical (unpaired) electrons. The second-order valence-corrected chi connectivity index (χ2v) is 4.62. The molecule has 3 heteroatoms. The maximum atomic E-state index is 14.2. The topological polar surface area (TPSA) is 17.1 Å². The number of hydrogen-bond donors (Lipinski definition) is 0. The van der Waals surface area contributed by atoms with Crippen LogP contribution in [0, 0.1) is 0 Å². The lowest BCUT2D eigenvalue weighted by atomic mass is 9.94. The van der Waals surface area contributed by atoms with E-state index >= 15 is 0 Å². The van der Waals surface area contributed by atoms with Gasteiger partial charge in [-0.3, -0.25) is 4.79 Å². The van der Waals surface area contributed by atoms with Gasteiger partial charge >= 0.3 is 0 Å². The lowest BCUT2D eigenvalue weighted by Gasteiger charge is -2.18. The fraction of sp³-hybridized carbons (Fsp3) is 0.364. The van der Waals surface area contributed by atoms with Crippen molar-refractivity contribution in [3.8, 4) is 0 Å². The van der Waals surface area contributed by atoms with Gasteiger partial charge in [0.1, 0.15) is 12.0 Å². The second kappa shape index (κ2) is 3.73. The molecule has 1 aliphatic heterocycles. The van der Waals surface area contributed by atoms with E-state index in [9.17, 15) is 9.18 Å². The summed E-state index contributed by atoms with van der Waals surface area (Å²) in [6, 6.07) is 6.85. The Hall–Kier alpha value is -0.830. The van der Waals surface area contributed by atoms with Crippen LogP contribution in [0.2, 0.25) is 0 Å². The van der Waals surface area contributed by atoms with Crippen molar-refractivity contribution in [3.05, 3.63) is 35.4 Å². The summed E-state index contributed by atoms with van der Waals surface area (Å²) < 4.78 is 14.2. The molecule has 14 heavy (non-hydrogen) atoms. The third-order valence-electron chi connectivity index (χ3n) is 2.51. The zero-order valence-electron chi connectivity index (χ0n) is 7.70. The molecule has 1 aliphatic rings. The number of thioether (sulfide) groups is 1. The Morgan fingerprint density at radius 1 is 1.50 bits per heavy atom. The number of carbonyl (C=O) groups is 1. The van der Waals surface area contributed by atoms with Crippen LogP contribution in [0.4, 0.5) is 4.39 Å². The van der Waals surface area contributed by atoms with Crippen LogP contribution >= 0.6 is 11.8 Å². The molecule has 0 saturated carbocycles. The Labute approximate surface area is 86.7 Å². The largest absolute Gasteiger partial charge is 0.298 e. The predicted octanol–water partition coefficient (Wildman–Crippen LogP) is 2.80. The molecule has 0 spiro atoms. The zero-order chi connectivity index (χ0) is 10.0. The highest BCUT2D eigenvalue weighted by atomic mass is 32.2. The number of rotatable bonds is 2. The van der Waals surface area contributed by atoms with Gasteiger partial charge in [0.15, 0.2) is 0 Å². The van der Waals surface area contributed by atoms with Gasteiger partial charge in [-0.2, -0.15) is 11.8 Å². The van der Waals surface area contributed by atoms with Crippen molar-refractivity contribution in [2.75, 3.05) is 11.5 Å². The molecule has 74 valence electrons. The molecular weight excluding hydrogens is 199 g/mol. The summed E-state index contributed by atoms with van der Waals surface area (Å²) in [6.07, 6.45) is 1.31. The van der Waals surface area contributed by atoms with Crippen molar-refractivity contribution in [3.63, 3.8) is 0 Å². The minimum atomic E-state index is -1.22. The Balaban J connectivity index is 2.35. The maximum absolute atomic E-state index is 14.2.